The maximum absolute atomic E-state index is 13.5. The Balaban J connectivity index is 0.000000205. The first kappa shape index (κ1) is 107. The van der Waals surface area contributed by atoms with Gasteiger partial charge in [0.25, 0.3) is 0 Å². The lowest BCUT2D eigenvalue weighted by atomic mass is 9.93. The Kier molecular flexibility index (Phi) is 38.2. The summed E-state index contributed by atoms with van der Waals surface area (Å²) in [5.41, 5.74) is 24.3. The van der Waals surface area contributed by atoms with Gasteiger partial charge >= 0.3 is 27.1 Å². The van der Waals surface area contributed by atoms with Crippen molar-refractivity contribution in [3.8, 4) is 46.0 Å². The molecule has 1 aliphatic rings. The van der Waals surface area contributed by atoms with Crippen molar-refractivity contribution >= 4 is 41.9 Å². The highest BCUT2D eigenvalue weighted by molar-refractivity contribution is 7.57. The number of phenols is 4. The number of rotatable bonds is 33. The fourth-order valence-corrected chi connectivity index (χ4v) is 18.2. The van der Waals surface area contributed by atoms with E-state index in [1.807, 2.05) is 181 Å². The van der Waals surface area contributed by atoms with E-state index in [9.17, 15) is 58.1 Å². The first-order valence-corrected chi connectivity index (χ1v) is 52.9. The number of benzene rings is 11. The minimum Gasteiger partial charge on any atom is -0.508 e. The Morgan fingerprint density at radius 2 is 0.701 bits per heavy atom. The van der Waals surface area contributed by atoms with Gasteiger partial charge in [-0.05, 0) is 342 Å². The van der Waals surface area contributed by atoms with Gasteiger partial charge in [0.15, 0.2) is 25.4 Å². The van der Waals surface area contributed by atoms with Crippen molar-refractivity contribution in [2.24, 2.45) is 10.8 Å². The number of hydrogen-bond acceptors (Lipinski definition) is 20. The zero-order chi connectivity index (χ0) is 98.4. The van der Waals surface area contributed by atoms with Crippen molar-refractivity contribution < 1.29 is 105 Å². The molecule has 0 radical (unpaired) electrons. The third-order valence-corrected chi connectivity index (χ3v) is 26.9. The summed E-state index contributed by atoms with van der Waals surface area (Å²) >= 11 is 0. The summed E-state index contributed by atoms with van der Waals surface area (Å²) < 4.78 is 104. The van der Waals surface area contributed by atoms with Crippen molar-refractivity contribution in [1.29, 1.82) is 0 Å². The summed E-state index contributed by atoms with van der Waals surface area (Å²) in [6.45, 7) is 38.6. The van der Waals surface area contributed by atoms with Crippen LogP contribution in [0.1, 0.15) is 221 Å². The van der Waals surface area contributed by atoms with E-state index in [-0.39, 0.29) is 42.5 Å². The van der Waals surface area contributed by atoms with Crippen molar-refractivity contribution in [3.63, 3.8) is 0 Å². The number of carbonyl (C=O) groups excluding carboxylic acids is 2. The number of phenolic OH excluding ortho intramolecular Hbond substituents is 4. The van der Waals surface area contributed by atoms with E-state index >= 15 is 0 Å². The van der Waals surface area contributed by atoms with E-state index in [4.69, 9.17) is 46.5 Å². The van der Waals surface area contributed by atoms with E-state index in [1.54, 1.807) is 65.8 Å². The molecule has 26 heteroatoms. The summed E-state index contributed by atoms with van der Waals surface area (Å²) in [6.07, 6.45) is 3.24. The van der Waals surface area contributed by atoms with E-state index in [0.717, 1.165) is 131 Å². The lowest BCUT2D eigenvalue weighted by Gasteiger charge is -2.29. The van der Waals surface area contributed by atoms with E-state index < -0.39 is 72.6 Å². The highest BCUT2D eigenvalue weighted by Crippen LogP contribution is 2.54. The quantitative estimate of drug-likeness (QED) is 0.0126. The van der Waals surface area contributed by atoms with Gasteiger partial charge in [-0.2, -0.15) is 0 Å². The first-order chi connectivity index (χ1) is 62.9. The Bertz CT molecular complexity index is 5920. The molecule has 2 unspecified atom stereocenters. The van der Waals surface area contributed by atoms with Crippen LogP contribution in [0, 0.1) is 73.1 Å². The molecule has 0 aromatic heterocycles. The molecule has 134 heavy (non-hydrogen) atoms. The molecule has 22 nitrogen and oxygen atoms in total. The van der Waals surface area contributed by atoms with E-state index in [0.29, 0.717) is 72.7 Å². The minimum absolute atomic E-state index is 0.0665. The predicted molar refractivity (Wildman–Crippen MR) is 532 cm³/mol. The number of aromatic hydroxyl groups is 4. The van der Waals surface area contributed by atoms with Crippen LogP contribution in [0.25, 0.3) is 0 Å². The average Bonchev–Trinajstić information content (AvgIpc) is 0.812. The van der Waals surface area contributed by atoms with Crippen LogP contribution in [0.4, 0.5) is 0 Å². The Morgan fingerprint density at radius 1 is 0.388 bits per heavy atom. The molecule has 718 valence electrons. The molecule has 0 saturated carbocycles. The third-order valence-electron chi connectivity index (χ3n) is 22.7. The number of ether oxygens (including phenoxy) is 6. The van der Waals surface area contributed by atoms with Crippen LogP contribution in [0.2, 0.25) is 0 Å². The van der Waals surface area contributed by atoms with Crippen molar-refractivity contribution in [1.82, 2.24) is 0 Å². The molecule has 11 aromatic rings. The van der Waals surface area contributed by atoms with Gasteiger partial charge in [-0.1, -0.05) is 167 Å². The topological polar surface area (TPSA) is 316 Å². The second kappa shape index (κ2) is 47.8. The molecule has 6 N–H and O–H groups in total. The lowest BCUT2D eigenvalue weighted by molar-refractivity contribution is -0.162. The number of hydrogen-bond donors (Lipinski definition) is 6. The number of carbonyl (C=O) groups is 2. The predicted octanol–water partition coefficient (Wildman–Crippen LogP) is 25.6. The molecular weight excluding hydrogens is 1770 g/mol. The minimum atomic E-state index is -4.04. The van der Waals surface area contributed by atoms with Crippen LogP contribution >= 0.6 is 29.9 Å². The molecule has 0 aliphatic carbocycles. The van der Waals surface area contributed by atoms with Gasteiger partial charge in [0.2, 0.25) is 28.3 Å². The summed E-state index contributed by atoms with van der Waals surface area (Å²) in [5.74, 6) is 3.06. The number of aryl methyl sites for hydroxylation is 9. The maximum atomic E-state index is 13.5. The molecule has 1 fully saturated rings. The summed E-state index contributed by atoms with van der Waals surface area (Å²) in [6, 6.07) is 66.6. The SMILES string of the molecule is Cc1cc(OCP(=O)(OCOC(=O)C(C)(C)C)OCOC(=O)C(C)(C)C)cc(C)c1Cc1ccc(O)c(Cc2ccccc2)c1.Cc1cc(OCP(C)(=O)O)cc(C)c1Cc1ccc(O)c(C(C)C)c1.Cc1cc(OCP(C)(=O)O)cc(C)c1Cc1ccc(O)c(Cc2ccccc2)c1.Cc1cccc(C2COP(=O)(COc3cc(C)c(Cc4ccc(O)c(C(C)C)c4)c(C)c3)OC2)c1. The Labute approximate surface area is 791 Å². The Hall–Kier alpha value is -10.6. The van der Waals surface area contributed by atoms with Gasteiger partial charge in [0, 0.05) is 32.1 Å². The average molecular weight is 1910 g/mol. The second-order valence-corrected chi connectivity index (χ2v) is 46.4. The molecule has 12 rings (SSSR count). The molecule has 0 amide bonds. The molecule has 1 aliphatic heterocycles. The highest BCUT2D eigenvalue weighted by atomic mass is 31.2. The number of esters is 2. The van der Waals surface area contributed by atoms with Gasteiger partial charge in [-0.3, -0.25) is 36.9 Å². The molecule has 11 aromatic carbocycles. The molecule has 2 atom stereocenters. The molecule has 0 bridgehead atoms. The normalized spacial score (nSPS) is 14.7. The van der Waals surface area contributed by atoms with Gasteiger partial charge in [-0.15, -0.1) is 0 Å². The van der Waals surface area contributed by atoms with Crippen LogP contribution in [0.5, 0.6) is 46.0 Å². The fraction of sp³-hybridized carbons (Fsp3) is 0.370. The monoisotopic (exact) mass is 1910 g/mol. The zero-order valence-electron chi connectivity index (χ0n) is 81.3. The molecule has 0 spiro atoms. The molecule has 1 saturated heterocycles. The first-order valence-electron chi connectivity index (χ1n) is 44.9. The van der Waals surface area contributed by atoms with Gasteiger partial charge < -0.3 is 67.7 Å². The van der Waals surface area contributed by atoms with Crippen LogP contribution in [-0.2, 0) is 93.9 Å². The largest absolute Gasteiger partial charge is 0.508 e. The zero-order valence-corrected chi connectivity index (χ0v) is 84.8. The van der Waals surface area contributed by atoms with Crippen LogP contribution < -0.4 is 18.9 Å². The van der Waals surface area contributed by atoms with Gasteiger partial charge in [0.05, 0.1) is 24.0 Å². The summed E-state index contributed by atoms with van der Waals surface area (Å²) in [7, 11) is -13.8. The van der Waals surface area contributed by atoms with Crippen molar-refractivity contribution in [3.05, 3.63) is 340 Å². The van der Waals surface area contributed by atoms with E-state index in [2.05, 4.69) is 90.9 Å². The maximum Gasteiger partial charge on any atom is 0.373 e. The third kappa shape index (κ3) is 33.5. The van der Waals surface area contributed by atoms with Crippen LogP contribution in [0.15, 0.2) is 206 Å². The van der Waals surface area contributed by atoms with Crippen LogP contribution in [-0.4, -0.2) is 108 Å². The fourth-order valence-electron chi connectivity index (χ4n) is 15.1. The summed E-state index contributed by atoms with van der Waals surface area (Å²) in [4.78, 5) is 43.1. The summed E-state index contributed by atoms with van der Waals surface area (Å²) in [5, 5.41) is 40.8. The Morgan fingerprint density at radius 3 is 1.01 bits per heavy atom. The van der Waals surface area contributed by atoms with Gasteiger partial charge in [0.1, 0.15) is 46.0 Å². The lowest BCUT2D eigenvalue weighted by Crippen LogP contribution is -2.25. The van der Waals surface area contributed by atoms with Crippen LogP contribution in [0.3, 0.4) is 0 Å². The second-order valence-electron chi connectivity index (χ2n) is 37.7. The van der Waals surface area contributed by atoms with Gasteiger partial charge in [-0.25, -0.2) is 0 Å². The molecular formula is C108H134O22P4. The molecule has 1 heterocycles. The van der Waals surface area contributed by atoms with Crippen molar-refractivity contribution in [2.75, 3.05) is 65.5 Å². The standard InChI is InChI=1S/C35H45O9P.C29H35O5P.C24H27O4P.C20H27O4P/c1-24-16-29(17-25(2)30(24)20-27-14-15-31(36)28(19-27)18-26-12-10-9-11-13-26)42-23-45(39,43-21-40-32(37)34(3,4)5)44-22-41-33(38)35(6,7)8;1-19(2)27-14-23(9-10-29(27)30)15-28-21(4)12-26(13-22(28)5)32-18-35(31)33-16-25(17-34-35)24-8-6-7-20(3)11-24;1-17-11-22(28-16-29(3,26)27)12-18(2)23(17)15-20-9-10-24(25)21(14-20)13-19-7-5-4-6-8-19;1-13(2)18-10-16(6-7-20(18)21)11-19-14(3)8-17(9-15(19)4)24-12-25(5,22)23/h9-17,19,36H,18,20-23H2,1-8H3;6-14,19,25,30H,15-18H2,1-5H3;4-12,14,25H,13,15-16H2,1-3H3,(H,26,27);6-10,13,21H,11-12H2,1-5H3,(H,22,23). The highest BCUT2D eigenvalue weighted by Gasteiger charge is 2.36. The smallest absolute Gasteiger partial charge is 0.373 e. The van der Waals surface area contributed by atoms with E-state index in [1.165, 1.54) is 35.6 Å². The van der Waals surface area contributed by atoms with Crippen molar-refractivity contribution in [2.45, 2.75) is 188 Å².